The van der Waals surface area contributed by atoms with Crippen LogP contribution >= 0.6 is 0 Å². The standard InChI is InChI=1S/C13H20FN3O3S/c1-4-9-15-13(18)10-17(21(19,20)16(2)3)12-8-6-5-7-11(12)14/h5-8H,4,9-10H2,1-3H3,(H,15,18). The number of halogens is 1. The van der Waals surface area contributed by atoms with Gasteiger partial charge in [-0.1, -0.05) is 19.1 Å². The molecule has 0 saturated carbocycles. The second-order valence-electron chi connectivity index (χ2n) is 4.60. The van der Waals surface area contributed by atoms with Gasteiger partial charge >= 0.3 is 10.2 Å². The van der Waals surface area contributed by atoms with Crippen molar-refractivity contribution in [3.8, 4) is 0 Å². The number of nitrogens with zero attached hydrogens (tertiary/aromatic N) is 2. The number of para-hydroxylation sites is 1. The number of hydrogen-bond acceptors (Lipinski definition) is 3. The third kappa shape index (κ3) is 4.40. The minimum absolute atomic E-state index is 0.155. The average Bonchev–Trinajstić information content (AvgIpc) is 2.43. The van der Waals surface area contributed by atoms with Crippen LogP contribution in [0.5, 0.6) is 0 Å². The van der Waals surface area contributed by atoms with E-state index in [1.807, 2.05) is 6.92 Å². The lowest BCUT2D eigenvalue weighted by Gasteiger charge is -2.27. The Bertz CT molecular complexity index is 590. The van der Waals surface area contributed by atoms with Gasteiger partial charge in [-0.25, -0.2) is 8.70 Å². The summed E-state index contributed by atoms with van der Waals surface area (Å²) in [5, 5.41) is 2.58. The molecule has 1 aromatic carbocycles. The number of carbonyl (C=O) groups is 1. The molecule has 0 atom stereocenters. The lowest BCUT2D eigenvalue weighted by Crippen LogP contribution is -2.46. The highest BCUT2D eigenvalue weighted by molar-refractivity contribution is 7.90. The van der Waals surface area contributed by atoms with E-state index >= 15 is 0 Å². The molecule has 0 saturated heterocycles. The Morgan fingerprint density at radius 3 is 2.43 bits per heavy atom. The van der Waals surface area contributed by atoms with Gasteiger partial charge < -0.3 is 5.32 Å². The van der Waals surface area contributed by atoms with Crippen molar-refractivity contribution in [2.45, 2.75) is 13.3 Å². The molecule has 6 nitrogen and oxygen atoms in total. The fourth-order valence-corrected chi connectivity index (χ4v) is 2.66. The Morgan fingerprint density at radius 2 is 1.90 bits per heavy atom. The van der Waals surface area contributed by atoms with Crippen molar-refractivity contribution in [3.63, 3.8) is 0 Å². The van der Waals surface area contributed by atoms with E-state index in [1.165, 1.54) is 32.3 Å². The highest BCUT2D eigenvalue weighted by atomic mass is 32.2. The maximum Gasteiger partial charge on any atom is 0.304 e. The predicted molar refractivity (Wildman–Crippen MR) is 79.7 cm³/mol. The summed E-state index contributed by atoms with van der Waals surface area (Å²) in [6.45, 7) is 1.85. The molecule has 0 radical (unpaired) electrons. The fraction of sp³-hybridized carbons (Fsp3) is 0.462. The molecule has 118 valence electrons. The van der Waals surface area contributed by atoms with Crippen LogP contribution in [0.25, 0.3) is 0 Å². The molecule has 8 heteroatoms. The molecule has 0 spiro atoms. The SMILES string of the molecule is CCCNC(=O)CN(c1ccccc1F)S(=O)(=O)N(C)C. The number of amides is 1. The number of nitrogens with one attached hydrogen (secondary N) is 1. The van der Waals surface area contributed by atoms with Gasteiger partial charge in [0.2, 0.25) is 5.91 Å². The quantitative estimate of drug-likeness (QED) is 0.814. The molecule has 1 rings (SSSR count). The largest absolute Gasteiger partial charge is 0.355 e. The molecular formula is C13H20FN3O3S. The molecule has 0 aliphatic carbocycles. The van der Waals surface area contributed by atoms with E-state index in [9.17, 15) is 17.6 Å². The van der Waals surface area contributed by atoms with Crippen molar-refractivity contribution in [1.29, 1.82) is 0 Å². The topological polar surface area (TPSA) is 69.7 Å². The van der Waals surface area contributed by atoms with Crippen molar-refractivity contribution >= 4 is 21.8 Å². The minimum atomic E-state index is -3.97. The molecule has 0 aromatic heterocycles. The Balaban J connectivity index is 3.14. The first-order valence-electron chi connectivity index (χ1n) is 6.52. The van der Waals surface area contributed by atoms with E-state index in [4.69, 9.17) is 0 Å². The van der Waals surface area contributed by atoms with Gasteiger partial charge in [-0.05, 0) is 18.6 Å². The van der Waals surface area contributed by atoms with Gasteiger partial charge in [0.15, 0.2) is 0 Å². The Kier molecular flexibility index (Phi) is 6.10. The zero-order chi connectivity index (χ0) is 16.0. The summed E-state index contributed by atoms with van der Waals surface area (Å²) < 4.78 is 40.2. The van der Waals surface area contributed by atoms with Crippen molar-refractivity contribution in [2.75, 3.05) is 31.5 Å². The summed E-state index contributed by atoms with van der Waals surface area (Å²) in [5.41, 5.74) is -0.155. The molecule has 0 unspecified atom stereocenters. The van der Waals surface area contributed by atoms with Crippen LogP contribution in [-0.4, -0.2) is 45.8 Å². The Hall–Kier alpha value is -1.67. The van der Waals surface area contributed by atoms with E-state index in [2.05, 4.69) is 5.32 Å². The van der Waals surface area contributed by atoms with Crippen molar-refractivity contribution in [1.82, 2.24) is 9.62 Å². The molecular weight excluding hydrogens is 297 g/mol. The van der Waals surface area contributed by atoms with Gasteiger partial charge in [-0.15, -0.1) is 0 Å². The first-order valence-corrected chi connectivity index (χ1v) is 7.91. The van der Waals surface area contributed by atoms with Crippen molar-refractivity contribution in [3.05, 3.63) is 30.1 Å². The van der Waals surface area contributed by atoms with Crippen LogP contribution < -0.4 is 9.62 Å². The number of anilines is 1. The third-order valence-corrected chi connectivity index (χ3v) is 4.53. The molecule has 0 fully saturated rings. The summed E-state index contributed by atoms with van der Waals surface area (Å²) in [6, 6.07) is 5.44. The van der Waals surface area contributed by atoms with Crippen LogP contribution in [0.4, 0.5) is 10.1 Å². The van der Waals surface area contributed by atoms with Gasteiger partial charge in [-0.3, -0.25) is 4.79 Å². The monoisotopic (exact) mass is 317 g/mol. The summed E-state index contributed by atoms with van der Waals surface area (Å²) >= 11 is 0. The fourth-order valence-electron chi connectivity index (χ4n) is 1.59. The van der Waals surface area contributed by atoms with Gasteiger partial charge in [0.05, 0.1) is 5.69 Å². The highest BCUT2D eigenvalue weighted by Crippen LogP contribution is 2.22. The minimum Gasteiger partial charge on any atom is -0.355 e. The normalized spacial score (nSPS) is 11.5. The summed E-state index contributed by atoms with van der Waals surface area (Å²) in [7, 11) is -1.32. The van der Waals surface area contributed by atoms with Crippen molar-refractivity contribution in [2.24, 2.45) is 0 Å². The number of benzene rings is 1. The van der Waals surface area contributed by atoms with E-state index in [-0.39, 0.29) is 5.69 Å². The van der Waals surface area contributed by atoms with Gasteiger partial charge in [-0.2, -0.15) is 12.7 Å². The molecule has 0 bridgehead atoms. The molecule has 1 aromatic rings. The molecule has 21 heavy (non-hydrogen) atoms. The van der Waals surface area contributed by atoms with Crippen molar-refractivity contribution < 1.29 is 17.6 Å². The zero-order valence-corrected chi connectivity index (χ0v) is 13.2. The first kappa shape index (κ1) is 17.4. The molecule has 0 heterocycles. The molecule has 0 aliphatic rings. The van der Waals surface area contributed by atoms with E-state index in [1.54, 1.807) is 0 Å². The zero-order valence-electron chi connectivity index (χ0n) is 12.3. The van der Waals surface area contributed by atoms with Gasteiger partial charge in [0, 0.05) is 20.6 Å². The number of rotatable bonds is 7. The Morgan fingerprint density at radius 1 is 1.29 bits per heavy atom. The summed E-state index contributed by atoms with van der Waals surface area (Å²) in [5.74, 6) is -1.18. The number of hydrogen-bond donors (Lipinski definition) is 1. The maximum absolute atomic E-state index is 13.9. The van der Waals surface area contributed by atoms with E-state index < -0.39 is 28.5 Å². The first-order chi connectivity index (χ1) is 9.80. The molecule has 1 amide bonds. The van der Waals surface area contributed by atoms with Gasteiger partial charge in [0.1, 0.15) is 12.4 Å². The maximum atomic E-state index is 13.9. The molecule has 0 aliphatic heterocycles. The second kappa shape index (κ2) is 7.37. The summed E-state index contributed by atoms with van der Waals surface area (Å²) in [6.07, 6.45) is 0.728. The van der Waals surface area contributed by atoms with Crippen LogP contribution in [0.3, 0.4) is 0 Å². The Labute approximate surface area is 124 Å². The third-order valence-electron chi connectivity index (χ3n) is 2.72. The number of carbonyl (C=O) groups excluding carboxylic acids is 1. The lowest BCUT2D eigenvalue weighted by molar-refractivity contribution is -0.119. The van der Waals surface area contributed by atoms with Crippen LogP contribution in [0.2, 0.25) is 0 Å². The van der Waals surface area contributed by atoms with E-state index in [0.717, 1.165) is 21.1 Å². The molecule has 1 N–H and O–H groups in total. The van der Waals surface area contributed by atoms with Crippen LogP contribution in [-0.2, 0) is 15.0 Å². The second-order valence-corrected chi connectivity index (χ2v) is 6.66. The van der Waals surface area contributed by atoms with Crippen LogP contribution in [0, 0.1) is 5.82 Å². The van der Waals surface area contributed by atoms with Crippen LogP contribution in [0.1, 0.15) is 13.3 Å². The van der Waals surface area contributed by atoms with E-state index in [0.29, 0.717) is 6.54 Å². The highest BCUT2D eigenvalue weighted by Gasteiger charge is 2.28. The van der Waals surface area contributed by atoms with Gasteiger partial charge in [0.25, 0.3) is 0 Å². The lowest BCUT2D eigenvalue weighted by atomic mass is 10.3. The average molecular weight is 317 g/mol. The summed E-state index contributed by atoms with van der Waals surface area (Å²) in [4.78, 5) is 11.8. The van der Waals surface area contributed by atoms with Crippen LogP contribution in [0.15, 0.2) is 24.3 Å². The predicted octanol–water partition coefficient (Wildman–Crippen LogP) is 0.965. The smallest absolute Gasteiger partial charge is 0.304 e.